The third-order valence-electron chi connectivity index (χ3n) is 3.80. The highest BCUT2D eigenvalue weighted by Gasteiger charge is 2.47. The maximum absolute atomic E-state index is 12.5. The highest BCUT2D eigenvalue weighted by atomic mass is 19.4. The van der Waals surface area contributed by atoms with Crippen molar-refractivity contribution in [3.63, 3.8) is 0 Å². The number of rotatable bonds is 5. The molecule has 1 fully saturated rings. The molecule has 1 unspecified atom stereocenters. The van der Waals surface area contributed by atoms with Crippen LogP contribution in [0.25, 0.3) is 0 Å². The number of halogens is 3. The van der Waals surface area contributed by atoms with Crippen molar-refractivity contribution in [2.45, 2.75) is 25.1 Å². The SMILES string of the molecule is O=C(NCCNC(=O)C1CCCN1C(=O)C(F)(F)F)c1ccccc1. The Kier molecular flexibility index (Phi) is 6.00. The Labute approximate surface area is 142 Å². The number of nitrogens with zero attached hydrogens (tertiary/aromatic N) is 1. The van der Waals surface area contributed by atoms with Crippen molar-refractivity contribution in [2.75, 3.05) is 19.6 Å². The zero-order chi connectivity index (χ0) is 18.4. The number of carbonyl (C=O) groups is 3. The second-order valence-electron chi connectivity index (χ2n) is 5.57. The molecule has 1 aromatic rings. The summed E-state index contributed by atoms with van der Waals surface area (Å²) in [5, 5.41) is 5.04. The highest BCUT2D eigenvalue weighted by Crippen LogP contribution is 2.25. The number of hydrogen-bond donors (Lipinski definition) is 2. The average Bonchev–Trinajstić information content (AvgIpc) is 3.07. The Hall–Kier alpha value is -2.58. The van der Waals surface area contributed by atoms with Crippen molar-refractivity contribution in [3.05, 3.63) is 35.9 Å². The molecular formula is C16H18F3N3O3. The van der Waals surface area contributed by atoms with E-state index in [0.717, 1.165) is 0 Å². The number of benzene rings is 1. The highest BCUT2D eigenvalue weighted by molar-refractivity contribution is 5.94. The van der Waals surface area contributed by atoms with E-state index in [1.54, 1.807) is 30.3 Å². The van der Waals surface area contributed by atoms with E-state index in [4.69, 9.17) is 0 Å². The number of hydrogen-bond acceptors (Lipinski definition) is 3. The molecule has 136 valence electrons. The van der Waals surface area contributed by atoms with Gasteiger partial charge in [0.1, 0.15) is 6.04 Å². The van der Waals surface area contributed by atoms with Crippen molar-refractivity contribution in [2.24, 2.45) is 0 Å². The quantitative estimate of drug-likeness (QED) is 0.775. The van der Waals surface area contributed by atoms with Gasteiger partial charge in [-0.15, -0.1) is 0 Å². The lowest BCUT2D eigenvalue weighted by Gasteiger charge is -2.24. The number of nitrogens with one attached hydrogen (secondary N) is 2. The summed E-state index contributed by atoms with van der Waals surface area (Å²) in [7, 11) is 0. The van der Waals surface area contributed by atoms with Gasteiger partial charge < -0.3 is 15.5 Å². The van der Waals surface area contributed by atoms with E-state index < -0.39 is 24.0 Å². The largest absolute Gasteiger partial charge is 0.471 e. The van der Waals surface area contributed by atoms with Gasteiger partial charge in [0.05, 0.1) is 0 Å². The van der Waals surface area contributed by atoms with Gasteiger partial charge in [0.25, 0.3) is 5.91 Å². The molecule has 25 heavy (non-hydrogen) atoms. The number of carbonyl (C=O) groups excluding carboxylic acids is 3. The zero-order valence-corrected chi connectivity index (χ0v) is 13.3. The van der Waals surface area contributed by atoms with E-state index in [0.29, 0.717) is 16.9 Å². The Morgan fingerprint density at radius 3 is 2.36 bits per heavy atom. The summed E-state index contributed by atoms with van der Waals surface area (Å²) < 4.78 is 37.6. The summed E-state index contributed by atoms with van der Waals surface area (Å²) in [5.41, 5.74) is 0.464. The number of alkyl halides is 3. The van der Waals surface area contributed by atoms with Gasteiger partial charge in [-0.2, -0.15) is 13.2 Å². The van der Waals surface area contributed by atoms with Gasteiger partial charge in [0.15, 0.2) is 0 Å². The summed E-state index contributed by atoms with van der Waals surface area (Å²) in [4.78, 5) is 35.7. The molecule has 6 nitrogen and oxygen atoms in total. The van der Waals surface area contributed by atoms with Crippen molar-refractivity contribution in [1.29, 1.82) is 0 Å². The molecule has 2 N–H and O–H groups in total. The van der Waals surface area contributed by atoms with Crippen LogP contribution < -0.4 is 10.6 Å². The smallest absolute Gasteiger partial charge is 0.353 e. The van der Waals surface area contributed by atoms with Gasteiger partial charge in [-0.1, -0.05) is 18.2 Å². The molecule has 1 aromatic carbocycles. The lowest BCUT2D eigenvalue weighted by atomic mass is 10.2. The van der Waals surface area contributed by atoms with Crippen LogP contribution in [0, 0.1) is 0 Å². The fourth-order valence-corrected chi connectivity index (χ4v) is 2.62. The van der Waals surface area contributed by atoms with Gasteiger partial charge in [-0.3, -0.25) is 14.4 Å². The fourth-order valence-electron chi connectivity index (χ4n) is 2.62. The lowest BCUT2D eigenvalue weighted by molar-refractivity contribution is -0.186. The van der Waals surface area contributed by atoms with E-state index in [2.05, 4.69) is 10.6 Å². The first-order chi connectivity index (χ1) is 11.8. The molecule has 0 bridgehead atoms. The van der Waals surface area contributed by atoms with Crippen LogP contribution in [0.4, 0.5) is 13.2 Å². The van der Waals surface area contributed by atoms with Crippen LogP contribution in [0.5, 0.6) is 0 Å². The third kappa shape index (κ3) is 4.94. The minimum Gasteiger partial charge on any atom is -0.353 e. The predicted molar refractivity (Wildman–Crippen MR) is 82.6 cm³/mol. The second-order valence-corrected chi connectivity index (χ2v) is 5.57. The van der Waals surface area contributed by atoms with Crippen LogP contribution in [0.15, 0.2) is 30.3 Å². The molecule has 2 rings (SSSR count). The normalized spacial score (nSPS) is 17.2. The molecule has 0 aromatic heterocycles. The summed E-state index contributed by atoms with van der Waals surface area (Å²) in [6.07, 6.45) is -4.47. The molecule has 1 heterocycles. The number of likely N-dealkylation sites (tertiary alicyclic amines) is 1. The molecule has 0 radical (unpaired) electrons. The molecule has 1 atom stereocenters. The van der Waals surface area contributed by atoms with Gasteiger partial charge in [-0.25, -0.2) is 0 Å². The molecular weight excluding hydrogens is 339 g/mol. The topological polar surface area (TPSA) is 78.5 Å². The standard InChI is InChI=1S/C16H18F3N3O3/c17-16(18,19)15(25)22-10-4-7-12(22)14(24)21-9-8-20-13(23)11-5-2-1-3-6-11/h1-3,5-6,12H,4,7-10H2,(H,20,23)(H,21,24). The Bertz CT molecular complexity index is 635. The number of amides is 3. The molecule has 0 spiro atoms. The second kappa shape index (κ2) is 8.00. The first-order valence-corrected chi connectivity index (χ1v) is 7.79. The van der Waals surface area contributed by atoms with Crippen LogP contribution >= 0.6 is 0 Å². The third-order valence-corrected chi connectivity index (χ3v) is 3.80. The van der Waals surface area contributed by atoms with Crippen molar-refractivity contribution >= 4 is 17.7 Å². The summed E-state index contributed by atoms with van der Waals surface area (Å²) >= 11 is 0. The van der Waals surface area contributed by atoms with Crippen molar-refractivity contribution in [3.8, 4) is 0 Å². The van der Waals surface area contributed by atoms with E-state index in [9.17, 15) is 27.6 Å². The van der Waals surface area contributed by atoms with Gasteiger partial charge in [0, 0.05) is 25.2 Å². The maximum Gasteiger partial charge on any atom is 0.471 e. The maximum atomic E-state index is 12.5. The minimum atomic E-state index is -4.99. The first kappa shape index (κ1) is 18.8. The van der Waals surface area contributed by atoms with Gasteiger partial charge in [0.2, 0.25) is 5.91 Å². The van der Waals surface area contributed by atoms with Crippen LogP contribution in [-0.2, 0) is 9.59 Å². The Morgan fingerprint density at radius 1 is 1.08 bits per heavy atom. The summed E-state index contributed by atoms with van der Waals surface area (Å²) in [6.45, 7) is 0.0858. The average molecular weight is 357 g/mol. The van der Waals surface area contributed by atoms with Gasteiger partial charge in [-0.05, 0) is 25.0 Å². The molecule has 1 saturated heterocycles. The van der Waals surface area contributed by atoms with E-state index in [1.807, 2.05) is 0 Å². The predicted octanol–water partition coefficient (Wildman–Crippen LogP) is 1.09. The van der Waals surface area contributed by atoms with Crippen molar-refractivity contribution in [1.82, 2.24) is 15.5 Å². The van der Waals surface area contributed by atoms with Crippen LogP contribution in [0.2, 0.25) is 0 Å². The van der Waals surface area contributed by atoms with Gasteiger partial charge >= 0.3 is 12.1 Å². The van der Waals surface area contributed by atoms with E-state index >= 15 is 0 Å². The molecule has 9 heteroatoms. The Balaban J connectivity index is 1.78. The molecule has 3 amide bonds. The Morgan fingerprint density at radius 2 is 1.72 bits per heavy atom. The molecule has 0 aliphatic carbocycles. The molecule has 0 saturated carbocycles. The zero-order valence-electron chi connectivity index (χ0n) is 13.3. The summed E-state index contributed by atoms with van der Waals surface area (Å²) in [5.74, 6) is -2.96. The van der Waals surface area contributed by atoms with Crippen LogP contribution in [0.3, 0.4) is 0 Å². The van der Waals surface area contributed by atoms with E-state index in [-0.39, 0.29) is 32.0 Å². The fraction of sp³-hybridized carbons (Fsp3) is 0.438. The molecule has 1 aliphatic heterocycles. The van der Waals surface area contributed by atoms with Crippen molar-refractivity contribution < 1.29 is 27.6 Å². The first-order valence-electron chi connectivity index (χ1n) is 7.79. The monoisotopic (exact) mass is 357 g/mol. The van der Waals surface area contributed by atoms with Crippen LogP contribution in [0.1, 0.15) is 23.2 Å². The van der Waals surface area contributed by atoms with Crippen LogP contribution in [-0.4, -0.2) is 54.5 Å². The van der Waals surface area contributed by atoms with E-state index in [1.165, 1.54) is 0 Å². The summed E-state index contributed by atoms with van der Waals surface area (Å²) in [6, 6.07) is 7.33. The lowest BCUT2D eigenvalue weighted by Crippen LogP contribution is -2.51. The minimum absolute atomic E-state index is 0.0575. The molecule has 1 aliphatic rings.